The normalized spacial score (nSPS) is 27.4. The van der Waals surface area contributed by atoms with E-state index in [1.807, 2.05) is 0 Å². The fourth-order valence-corrected chi connectivity index (χ4v) is 0.686. The van der Waals surface area contributed by atoms with Gasteiger partial charge in [0.05, 0.1) is 6.61 Å². The maximum Gasteiger partial charge on any atom is 0.100 e. The highest BCUT2D eigenvalue weighted by Gasteiger charge is 2.18. The Bertz CT molecular complexity index is 105. The molecule has 0 saturated carbocycles. The molecular formula is C6H10NO2-. The molecule has 0 radical (unpaired) electrons. The smallest absolute Gasteiger partial charge is 0.100 e. The highest BCUT2D eigenvalue weighted by molar-refractivity contribution is 4.76. The number of nitrogens with zero attached hydrogens (tertiary/aromatic N) is 1. The molecule has 0 bridgehead atoms. The van der Waals surface area contributed by atoms with Crippen molar-refractivity contribution in [3.8, 4) is 0 Å². The summed E-state index contributed by atoms with van der Waals surface area (Å²) in [6, 6.07) is 0. The van der Waals surface area contributed by atoms with E-state index in [2.05, 4.69) is 6.58 Å². The van der Waals surface area contributed by atoms with Gasteiger partial charge >= 0.3 is 0 Å². The van der Waals surface area contributed by atoms with Crippen LogP contribution in [0, 0.1) is 5.21 Å². The molecular weight excluding hydrogens is 118 g/mol. The predicted molar refractivity (Wildman–Crippen MR) is 34.6 cm³/mol. The Morgan fingerprint density at radius 1 is 1.89 bits per heavy atom. The van der Waals surface area contributed by atoms with Gasteiger partial charge in [0.15, 0.2) is 0 Å². The molecule has 0 aromatic carbocycles. The van der Waals surface area contributed by atoms with E-state index in [0.717, 1.165) is 11.5 Å². The summed E-state index contributed by atoms with van der Waals surface area (Å²) < 4.78 is 5.03. The summed E-state index contributed by atoms with van der Waals surface area (Å²) in [5.74, 6) is 0. The van der Waals surface area contributed by atoms with Crippen molar-refractivity contribution in [2.45, 2.75) is 12.6 Å². The molecule has 1 atom stereocenters. The quantitative estimate of drug-likeness (QED) is 0.525. The van der Waals surface area contributed by atoms with Crippen molar-refractivity contribution in [3.05, 3.63) is 17.9 Å². The molecule has 3 nitrogen and oxygen atoms in total. The number of hydroxylamine groups is 2. The van der Waals surface area contributed by atoms with Crippen LogP contribution in [0.15, 0.2) is 12.7 Å². The first-order chi connectivity index (χ1) is 4.34. The van der Waals surface area contributed by atoms with Gasteiger partial charge in [-0.25, -0.2) is 0 Å². The van der Waals surface area contributed by atoms with Gasteiger partial charge in [0.1, 0.15) is 6.23 Å². The fourth-order valence-electron chi connectivity index (χ4n) is 0.686. The Hall–Kier alpha value is -0.380. The third-order valence-corrected chi connectivity index (χ3v) is 1.32. The van der Waals surface area contributed by atoms with Crippen LogP contribution in [0.1, 0.15) is 6.42 Å². The summed E-state index contributed by atoms with van der Waals surface area (Å²) in [4.78, 5) is 0. The van der Waals surface area contributed by atoms with Gasteiger partial charge in [0.2, 0.25) is 0 Å². The topological polar surface area (TPSA) is 35.5 Å². The number of rotatable bonds is 3. The zero-order valence-corrected chi connectivity index (χ0v) is 5.25. The molecule has 0 aromatic rings. The van der Waals surface area contributed by atoms with Gasteiger partial charge in [-0.05, 0) is 13.0 Å². The Kier molecular flexibility index (Phi) is 2.22. The SMILES string of the molecule is C=CCOC1CCN1[O-]. The van der Waals surface area contributed by atoms with E-state index in [0.29, 0.717) is 13.2 Å². The molecule has 1 aliphatic rings. The van der Waals surface area contributed by atoms with Crippen molar-refractivity contribution < 1.29 is 4.74 Å². The fraction of sp³-hybridized carbons (Fsp3) is 0.667. The van der Waals surface area contributed by atoms with E-state index < -0.39 is 0 Å². The lowest BCUT2D eigenvalue weighted by Crippen LogP contribution is -2.45. The van der Waals surface area contributed by atoms with Crippen molar-refractivity contribution in [3.63, 3.8) is 0 Å². The number of hydrogen-bond donors (Lipinski definition) is 0. The molecule has 0 N–H and O–H groups in total. The molecule has 1 unspecified atom stereocenters. The first-order valence-electron chi connectivity index (χ1n) is 3.01. The summed E-state index contributed by atoms with van der Waals surface area (Å²) >= 11 is 0. The van der Waals surface area contributed by atoms with E-state index >= 15 is 0 Å². The molecule has 52 valence electrons. The van der Waals surface area contributed by atoms with Gasteiger partial charge in [-0.3, -0.25) is 0 Å². The molecule has 1 heterocycles. The van der Waals surface area contributed by atoms with Gasteiger partial charge in [0.25, 0.3) is 0 Å². The predicted octanol–water partition coefficient (Wildman–Crippen LogP) is 0.719. The molecule has 0 aromatic heterocycles. The van der Waals surface area contributed by atoms with Gasteiger partial charge in [-0.1, -0.05) is 6.08 Å². The van der Waals surface area contributed by atoms with E-state index in [1.165, 1.54) is 0 Å². The van der Waals surface area contributed by atoms with Crippen LogP contribution in [0.25, 0.3) is 0 Å². The Morgan fingerprint density at radius 3 is 3.00 bits per heavy atom. The number of hydrogen-bond acceptors (Lipinski definition) is 3. The van der Waals surface area contributed by atoms with Crippen LogP contribution >= 0.6 is 0 Å². The second kappa shape index (κ2) is 2.96. The van der Waals surface area contributed by atoms with Crippen molar-refractivity contribution in [2.75, 3.05) is 13.2 Å². The monoisotopic (exact) mass is 128 g/mol. The Morgan fingerprint density at radius 2 is 2.67 bits per heavy atom. The second-order valence-corrected chi connectivity index (χ2v) is 2.01. The van der Waals surface area contributed by atoms with E-state index in [-0.39, 0.29) is 6.23 Å². The summed E-state index contributed by atoms with van der Waals surface area (Å²) in [6.07, 6.45) is 2.31. The van der Waals surface area contributed by atoms with Crippen LogP contribution in [0.4, 0.5) is 0 Å². The van der Waals surface area contributed by atoms with Crippen molar-refractivity contribution >= 4 is 0 Å². The van der Waals surface area contributed by atoms with Crippen molar-refractivity contribution in [1.29, 1.82) is 0 Å². The minimum Gasteiger partial charge on any atom is -0.783 e. The molecule has 1 aliphatic heterocycles. The van der Waals surface area contributed by atoms with Crippen molar-refractivity contribution in [2.24, 2.45) is 0 Å². The molecule has 0 spiro atoms. The van der Waals surface area contributed by atoms with Crippen LogP contribution in [0.2, 0.25) is 0 Å². The van der Waals surface area contributed by atoms with Gasteiger partial charge < -0.3 is 15.0 Å². The third kappa shape index (κ3) is 1.51. The van der Waals surface area contributed by atoms with Crippen molar-refractivity contribution in [1.82, 2.24) is 5.06 Å². The van der Waals surface area contributed by atoms with Crippen LogP contribution in [0.3, 0.4) is 0 Å². The molecule has 1 rings (SSSR count). The summed E-state index contributed by atoms with van der Waals surface area (Å²) in [5.41, 5.74) is 0. The van der Waals surface area contributed by atoms with Crippen LogP contribution in [-0.4, -0.2) is 24.4 Å². The van der Waals surface area contributed by atoms with Gasteiger partial charge in [0, 0.05) is 0 Å². The van der Waals surface area contributed by atoms with Crippen LogP contribution < -0.4 is 0 Å². The lowest BCUT2D eigenvalue weighted by molar-refractivity contribution is -0.0860. The Balaban J connectivity index is 2.06. The average molecular weight is 128 g/mol. The molecule has 3 heteroatoms. The first kappa shape index (κ1) is 6.74. The van der Waals surface area contributed by atoms with Crippen LogP contribution in [-0.2, 0) is 4.74 Å². The first-order valence-corrected chi connectivity index (χ1v) is 3.01. The molecule has 1 fully saturated rings. The lowest BCUT2D eigenvalue weighted by Gasteiger charge is -2.45. The molecule has 0 aliphatic carbocycles. The molecule has 0 amide bonds. The maximum absolute atomic E-state index is 10.5. The Labute approximate surface area is 54.5 Å². The summed E-state index contributed by atoms with van der Waals surface area (Å²) in [6.45, 7) is 4.56. The highest BCUT2D eigenvalue weighted by atomic mass is 16.6. The largest absolute Gasteiger partial charge is 0.783 e. The van der Waals surface area contributed by atoms with Crippen LogP contribution in [0.5, 0.6) is 0 Å². The minimum absolute atomic E-state index is 0.192. The van der Waals surface area contributed by atoms with E-state index in [4.69, 9.17) is 4.74 Å². The minimum atomic E-state index is -0.192. The molecule has 1 saturated heterocycles. The molecule has 9 heavy (non-hydrogen) atoms. The zero-order valence-electron chi connectivity index (χ0n) is 5.25. The highest BCUT2D eigenvalue weighted by Crippen LogP contribution is 2.15. The van der Waals surface area contributed by atoms with Gasteiger partial charge in [-0.15, -0.1) is 6.58 Å². The van der Waals surface area contributed by atoms with E-state index in [9.17, 15) is 5.21 Å². The number of ether oxygens (including phenoxy) is 1. The average Bonchev–Trinajstić information content (AvgIpc) is 1.86. The maximum atomic E-state index is 10.5. The third-order valence-electron chi connectivity index (χ3n) is 1.32. The second-order valence-electron chi connectivity index (χ2n) is 2.01. The lowest BCUT2D eigenvalue weighted by atomic mass is 10.2. The van der Waals surface area contributed by atoms with E-state index in [1.54, 1.807) is 6.08 Å². The zero-order chi connectivity index (χ0) is 6.69. The summed E-state index contributed by atoms with van der Waals surface area (Å²) in [7, 11) is 0. The van der Waals surface area contributed by atoms with Gasteiger partial charge in [-0.2, -0.15) is 0 Å². The summed E-state index contributed by atoms with van der Waals surface area (Å²) in [5, 5.41) is 11.4. The standard InChI is InChI=1S/C6H10NO2/c1-2-5-9-6-3-4-7(6)8/h2,6H,1,3-5H2/q-1.